The lowest BCUT2D eigenvalue weighted by atomic mass is 9.98. The molecule has 82 valence electrons. The van der Waals surface area contributed by atoms with E-state index in [0.29, 0.717) is 0 Å². The van der Waals surface area contributed by atoms with Gasteiger partial charge in [-0.25, -0.2) is 0 Å². The van der Waals surface area contributed by atoms with Crippen LogP contribution in [0.25, 0.3) is 0 Å². The third-order valence-corrected chi connectivity index (χ3v) is 4.16. The zero-order chi connectivity index (χ0) is 11.0. The van der Waals surface area contributed by atoms with E-state index in [1.807, 2.05) is 29.8 Å². The van der Waals surface area contributed by atoms with Crippen molar-refractivity contribution in [3.63, 3.8) is 0 Å². The summed E-state index contributed by atoms with van der Waals surface area (Å²) in [7, 11) is 0. The second-order valence-corrected chi connectivity index (χ2v) is 5.13. The highest BCUT2D eigenvalue weighted by molar-refractivity contribution is 7.10. The van der Waals surface area contributed by atoms with Crippen LogP contribution < -0.4 is 0 Å². The van der Waals surface area contributed by atoms with E-state index in [9.17, 15) is 5.11 Å². The van der Waals surface area contributed by atoms with Crippen molar-refractivity contribution in [1.29, 1.82) is 0 Å². The summed E-state index contributed by atoms with van der Waals surface area (Å²) >= 11 is 1.61. The molecule has 3 rings (SSSR count). The van der Waals surface area contributed by atoms with Gasteiger partial charge >= 0.3 is 0 Å². The first kappa shape index (κ1) is 10.00. The second kappa shape index (κ2) is 4.00. The lowest BCUT2D eigenvalue weighted by Crippen LogP contribution is -2.07. The predicted octanol–water partition coefficient (Wildman–Crippen LogP) is 2.91. The Bertz CT molecular complexity index is 480. The number of rotatable bonds is 2. The normalized spacial score (nSPS) is 20.7. The third kappa shape index (κ3) is 1.56. The van der Waals surface area contributed by atoms with Crippen molar-refractivity contribution in [3.8, 4) is 0 Å². The Morgan fingerprint density at radius 3 is 3.12 bits per heavy atom. The molecule has 0 aromatic carbocycles. The highest BCUT2D eigenvalue weighted by Crippen LogP contribution is 2.41. The molecular formula is C13H13NOS. The second-order valence-electron chi connectivity index (χ2n) is 4.15. The first-order valence-electron chi connectivity index (χ1n) is 5.51. The number of aliphatic hydroxyl groups excluding tert-OH is 1. The van der Waals surface area contributed by atoms with Gasteiger partial charge in [0, 0.05) is 22.7 Å². The van der Waals surface area contributed by atoms with Crippen molar-refractivity contribution in [1.82, 2.24) is 4.98 Å². The summed E-state index contributed by atoms with van der Waals surface area (Å²) in [5.74, 6) is 0.176. The Morgan fingerprint density at radius 2 is 2.31 bits per heavy atom. The van der Waals surface area contributed by atoms with Crippen LogP contribution in [0.2, 0.25) is 0 Å². The number of thiophene rings is 1. The van der Waals surface area contributed by atoms with Crippen LogP contribution in [0, 0.1) is 0 Å². The third-order valence-electron chi connectivity index (χ3n) is 3.22. The number of fused-ring (bicyclic) bond motifs is 1. The summed E-state index contributed by atoms with van der Waals surface area (Å²) in [6.07, 6.45) is 3.47. The predicted molar refractivity (Wildman–Crippen MR) is 64.6 cm³/mol. The lowest BCUT2D eigenvalue weighted by molar-refractivity contribution is 0.147. The number of aliphatic hydroxyl groups is 1. The first-order chi connectivity index (χ1) is 7.86. The van der Waals surface area contributed by atoms with Crippen molar-refractivity contribution in [2.24, 2.45) is 0 Å². The highest BCUT2D eigenvalue weighted by atomic mass is 32.1. The van der Waals surface area contributed by atoms with E-state index in [2.05, 4.69) is 11.1 Å². The van der Waals surface area contributed by atoms with E-state index in [1.165, 1.54) is 5.56 Å². The standard InChI is InChI=1S/C13H13NOS/c15-13(11-4-2-8-16-11)10-6-5-9-3-1-7-14-12(9)10/h1-4,7-8,10,13,15H,5-6H2. The molecule has 0 saturated heterocycles. The van der Waals surface area contributed by atoms with Gasteiger partial charge in [-0.2, -0.15) is 0 Å². The number of nitrogens with zero attached hydrogens (tertiary/aromatic N) is 1. The fourth-order valence-corrected chi connectivity index (χ4v) is 3.18. The molecular weight excluding hydrogens is 218 g/mol. The maximum absolute atomic E-state index is 10.3. The van der Waals surface area contributed by atoms with Gasteiger partial charge in [-0.1, -0.05) is 12.1 Å². The molecule has 16 heavy (non-hydrogen) atoms. The monoisotopic (exact) mass is 231 g/mol. The van der Waals surface area contributed by atoms with Crippen molar-refractivity contribution in [2.45, 2.75) is 24.9 Å². The van der Waals surface area contributed by atoms with Crippen LogP contribution >= 0.6 is 11.3 Å². The number of aryl methyl sites for hydroxylation is 1. The van der Waals surface area contributed by atoms with Gasteiger partial charge in [0.05, 0.1) is 6.10 Å². The van der Waals surface area contributed by atoms with Gasteiger partial charge < -0.3 is 5.11 Å². The molecule has 0 bridgehead atoms. The molecule has 2 heterocycles. The molecule has 0 fully saturated rings. The fourth-order valence-electron chi connectivity index (χ4n) is 2.41. The number of pyridine rings is 1. The van der Waals surface area contributed by atoms with Crippen molar-refractivity contribution < 1.29 is 5.11 Å². The molecule has 2 aromatic heterocycles. The van der Waals surface area contributed by atoms with E-state index >= 15 is 0 Å². The van der Waals surface area contributed by atoms with E-state index in [4.69, 9.17) is 0 Å². The summed E-state index contributed by atoms with van der Waals surface area (Å²) in [6.45, 7) is 0. The molecule has 0 aliphatic heterocycles. The maximum atomic E-state index is 10.3. The average Bonchev–Trinajstić information content (AvgIpc) is 2.98. The molecule has 2 nitrogen and oxygen atoms in total. The van der Waals surface area contributed by atoms with Gasteiger partial charge in [-0.05, 0) is 35.9 Å². The summed E-state index contributed by atoms with van der Waals surface area (Å²) in [6, 6.07) is 8.07. The molecule has 0 amide bonds. The van der Waals surface area contributed by atoms with Crippen LogP contribution in [0.15, 0.2) is 35.8 Å². The highest BCUT2D eigenvalue weighted by Gasteiger charge is 2.30. The minimum Gasteiger partial charge on any atom is -0.387 e. The van der Waals surface area contributed by atoms with Crippen LogP contribution in [0.3, 0.4) is 0 Å². The van der Waals surface area contributed by atoms with Crippen LogP contribution in [0.5, 0.6) is 0 Å². The minimum absolute atomic E-state index is 0.176. The van der Waals surface area contributed by atoms with Crippen LogP contribution in [0.4, 0.5) is 0 Å². The topological polar surface area (TPSA) is 33.1 Å². The van der Waals surface area contributed by atoms with Crippen LogP contribution in [0.1, 0.15) is 34.6 Å². The van der Waals surface area contributed by atoms with Gasteiger partial charge in [0.2, 0.25) is 0 Å². The molecule has 1 aliphatic carbocycles. The lowest BCUT2D eigenvalue weighted by Gasteiger charge is -2.16. The maximum Gasteiger partial charge on any atom is 0.0965 e. The van der Waals surface area contributed by atoms with Gasteiger partial charge in [-0.3, -0.25) is 4.98 Å². The SMILES string of the molecule is OC(c1cccs1)C1CCc2cccnc21. The Balaban J connectivity index is 1.93. The minimum atomic E-state index is -0.392. The first-order valence-corrected chi connectivity index (χ1v) is 6.39. The van der Waals surface area contributed by atoms with Gasteiger partial charge in [0.1, 0.15) is 0 Å². The Kier molecular flexibility index (Phi) is 2.50. The molecule has 0 saturated carbocycles. The molecule has 3 heteroatoms. The largest absolute Gasteiger partial charge is 0.387 e. The summed E-state index contributed by atoms with van der Waals surface area (Å²) in [5.41, 5.74) is 2.38. The van der Waals surface area contributed by atoms with Crippen molar-refractivity contribution >= 4 is 11.3 Å². The molecule has 1 N–H and O–H groups in total. The van der Waals surface area contributed by atoms with Crippen LogP contribution in [-0.2, 0) is 6.42 Å². The Labute approximate surface area is 98.6 Å². The number of aromatic nitrogens is 1. The van der Waals surface area contributed by atoms with Gasteiger partial charge in [0.25, 0.3) is 0 Å². The summed E-state index contributed by atoms with van der Waals surface area (Å²) in [4.78, 5) is 5.46. The molecule has 0 spiro atoms. The Morgan fingerprint density at radius 1 is 1.38 bits per heavy atom. The summed E-state index contributed by atoms with van der Waals surface area (Å²) < 4.78 is 0. The Hall–Kier alpha value is -1.19. The van der Waals surface area contributed by atoms with E-state index < -0.39 is 6.10 Å². The molecule has 0 radical (unpaired) electrons. The molecule has 2 unspecified atom stereocenters. The van der Waals surface area contributed by atoms with Gasteiger partial charge in [0.15, 0.2) is 0 Å². The summed E-state index contributed by atoms with van der Waals surface area (Å²) in [5, 5.41) is 12.3. The molecule has 2 aromatic rings. The van der Waals surface area contributed by atoms with Crippen LogP contribution in [-0.4, -0.2) is 10.1 Å². The quantitative estimate of drug-likeness (QED) is 0.862. The average molecular weight is 231 g/mol. The van der Waals surface area contributed by atoms with Crippen molar-refractivity contribution in [3.05, 3.63) is 52.0 Å². The number of hydrogen-bond acceptors (Lipinski definition) is 3. The zero-order valence-electron chi connectivity index (χ0n) is 8.84. The van der Waals surface area contributed by atoms with E-state index in [-0.39, 0.29) is 5.92 Å². The molecule has 1 aliphatic rings. The smallest absolute Gasteiger partial charge is 0.0965 e. The van der Waals surface area contributed by atoms with E-state index in [0.717, 1.165) is 23.4 Å². The zero-order valence-corrected chi connectivity index (χ0v) is 9.65. The van der Waals surface area contributed by atoms with Crippen molar-refractivity contribution in [2.75, 3.05) is 0 Å². The van der Waals surface area contributed by atoms with E-state index in [1.54, 1.807) is 11.3 Å². The molecule has 2 atom stereocenters. The van der Waals surface area contributed by atoms with Gasteiger partial charge in [-0.15, -0.1) is 11.3 Å². The number of hydrogen-bond donors (Lipinski definition) is 1. The fraction of sp³-hybridized carbons (Fsp3) is 0.308.